The fourth-order valence-electron chi connectivity index (χ4n) is 2.44. The lowest BCUT2D eigenvalue weighted by atomic mass is 9.72. The Balaban J connectivity index is 2.12. The molecule has 78 valence electrons. The molecule has 1 unspecified atom stereocenters. The van der Waals surface area contributed by atoms with Gasteiger partial charge in [0.05, 0.1) is 0 Å². The summed E-state index contributed by atoms with van der Waals surface area (Å²) in [5.74, 6) is 2.14. The molecule has 0 aliphatic heterocycles. The van der Waals surface area contributed by atoms with Gasteiger partial charge in [-0.3, -0.25) is 0 Å². The maximum Gasteiger partial charge on any atom is -0.00518 e. The van der Waals surface area contributed by atoms with Gasteiger partial charge in [0.1, 0.15) is 0 Å². The Morgan fingerprint density at radius 2 is 2.08 bits per heavy atom. The minimum atomic E-state index is 1.05. The third-order valence-corrected chi connectivity index (χ3v) is 3.48. The number of nitrogens with one attached hydrogen (secondary N) is 1. The predicted octanol–water partition coefficient (Wildman–Crippen LogP) is 3.20. The van der Waals surface area contributed by atoms with Crippen molar-refractivity contribution in [3.05, 3.63) is 0 Å². The third-order valence-electron chi connectivity index (χ3n) is 3.48. The van der Waals surface area contributed by atoms with Crippen LogP contribution in [0.5, 0.6) is 0 Å². The Morgan fingerprint density at radius 3 is 2.54 bits per heavy atom. The van der Waals surface area contributed by atoms with E-state index in [0.717, 1.165) is 11.8 Å². The molecule has 0 heterocycles. The lowest BCUT2D eigenvalue weighted by molar-refractivity contribution is 0.182. The first kappa shape index (κ1) is 11.0. The van der Waals surface area contributed by atoms with Crippen LogP contribution in [0.4, 0.5) is 0 Å². The number of hydrogen-bond donors (Lipinski definition) is 1. The van der Waals surface area contributed by atoms with Crippen molar-refractivity contribution < 1.29 is 0 Å². The zero-order valence-electron chi connectivity index (χ0n) is 9.31. The molecule has 1 nitrogen and oxygen atoms in total. The molecule has 13 heavy (non-hydrogen) atoms. The van der Waals surface area contributed by atoms with Crippen molar-refractivity contribution in [2.24, 2.45) is 11.8 Å². The van der Waals surface area contributed by atoms with E-state index in [9.17, 15) is 0 Å². The molecule has 1 fully saturated rings. The van der Waals surface area contributed by atoms with Crippen molar-refractivity contribution in [2.45, 2.75) is 51.9 Å². The summed E-state index contributed by atoms with van der Waals surface area (Å²) in [7, 11) is 2.05. The highest BCUT2D eigenvalue weighted by atomic mass is 14.8. The fraction of sp³-hybridized carbons (Fsp3) is 1.00. The summed E-state index contributed by atoms with van der Waals surface area (Å²) in [6, 6.07) is 0. The first-order valence-electron chi connectivity index (χ1n) is 6.03. The van der Waals surface area contributed by atoms with E-state index in [1.54, 1.807) is 0 Å². The van der Waals surface area contributed by atoms with Crippen molar-refractivity contribution >= 4 is 0 Å². The summed E-state index contributed by atoms with van der Waals surface area (Å²) in [6.07, 6.45) is 10.2. The first-order valence-corrected chi connectivity index (χ1v) is 6.03. The summed E-state index contributed by atoms with van der Waals surface area (Å²) in [6.45, 7) is 3.52. The van der Waals surface area contributed by atoms with E-state index in [4.69, 9.17) is 0 Å². The SMILES string of the molecule is CCCC(CCCNC)C1CCC1. The highest BCUT2D eigenvalue weighted by molar-refractivity contribution is 4.77. The molecular weight excluding hydrogens is 158 g/mol. The van der Waals surface area contributed by atoms with Gasteiger partial charge in [0.25, 0.3) is 0 Å². The number of rotatable bonds is 7. The molecule has 1 N–H and O–H groups in total. The van der Waals surface area contributed by atoms with E-state index >= 15 is 0 Å². The molecule has 1 aliphatic rings. The van der Waals surface area contributed by atoms with Gasteiger partial charge in [0.2, 0.25) is 0 Å². The normalized spacial score (nSPS) is 19.8. The minimum absolute atomic E-state index is 1.05. The highest BCUT2D eigenvalue weighted by Crippen LogP contribution is 2.37. The van der Waals surface area contributed by atoms with Gasteiger partial charge in [-0.05, 0) is 38.3 Å². The van der Waals surface area contributed by atoms with Crippen molar-refractivity contribution in [1.29, 1.82) is 0 Å². The zero-order valence-corrected chi connectivity index (χ0v) is 9.31. The van der Waals surface area contributed by atoms with E-state index in [1.165, 1.54) is 51.5 Å². The Kier molecular flexibility index (Phi) is 5.45. The van der Waals surface area contributed by atoms with Gasteiger partial charge >= 0.3 is 0 Å². The molecular formula is C12H25N. The molecule has 0 spiro atoms. The second-order valence-corrected chi connectivity index (χ2v) is 4.49. The largest absolute Gasteiger partial charge is 0.320 e. The molecule has 1 atom stereocenters. The lowest BCUT2D eigenvalue weighted by Gasteiger charge is -2.34. The molecule has 1 aliphatic carbocycles. The van der Waals surface area contributed by atoms with Crippen LogP contribution < -0.4 is 5.32 Å². The maximum atomic E-state index is 3.24. The Hall–Kier alpha value is -0.0400. The molecule has 1 heteroatoms. The maximum absolute atomic E-state index is 3.24. The van der Waals surface area contributed by atoms with Crippen LogP contribution in [-0.2, 0) is 0 Å². The van der Waals surface area contributed by atoms with Gasteiger partial charge in [0, 0.05) is 0 Å². The Labute approximate surface area is 83.3 Å². The molecule has 0 radical (unpaired) electrons. The van der Waals surface area contributed by atoms with Crippen LogP contribution in [0.2, 0.25) is 0 Å². The van der Waals surface area contributed by atoms with Crippen LogP contribution in [0.1, 0.15) is 51.9 Å². The average molecular weight is 183 g/mol. The summed E-state index contributed by atoms with van der Waals surface area (Å²) < 4.78 is 0. The molecule has 0 saturated heterocycles. The van der Waals surface area contributed by atoms with E-state index in [-0.39, 0.29) is 0 Å². The first-order chi connectivity index (χ1) is 6.38. The molecule has 1 saturated carbocycles. The van der Waals surface area contributed by atoms with Gasteiger partial charge < -0.3 is 5.32 Å². The molecule has 0 amide bonds. The standard InChI is InChI=1S/C12H25N/c1-3-6-11(9-5-10-13-2)12-7-4-8-12/h11-13H,3-10H2,1-2H3. The summed E-state index contributed by atoms with van der Waals surface area (Å²) in [5, 5.41) is 3.24. The molecule has 0 aromatic rings. The monoisotopic (exact) mass is 183 g/mol. The van der Waals surface area contributed by atoms with Crippen molar-refractivity contribution in [2.75, 3.05) is 13.6 Å². The van der Waals surface area contributed by atoms with Crippen LogP contribution in [0.15, 0.2) is 0 Å². The average Bonchev–Trinajstić information content (AvgIpc) is 2.02. The quantitative estimate of drug-likeness (QED) is 0.598. The fourth-order valence-corrected chi connectivity index (χ4v) is 2.44. The number of hydrogen-bond acceptors (Lipinski definition) is 1. The van der Waals surface area contributed by atoms with E-state index in [2.05, 4.69) is 19.3 Å². The van der Waals surface area contributed by atoms with Crippen LogP contribution in [0.25, 0.3) is 0 Å². The molecule has 0 bridgehead atoms. The second-order valence-electron chi connectivity index (χ2n) is 4.49. The summed E-state index contributed by atoms with van der Waals surface area (Å²) >= 11 is 0. The Bertz CT molecular complexity index is 118. The van der Waals surface area contributed by atoms with Crippen LogP contribution >= 0.6 is 0 Å². The lowest BCUT2D eigenvalue weighted by Crippen LogP contribution is -2.23. The summed E-state index contributed by atoms with van der Waals surface area (Å²) in [5.41, 5.74) is 0. The minimum Gasteiger partial charge on any atom is -0.320 e. The molecule has 0 aromatic carbocycles. The zero-order chi connectivity index (χ0) is 9.52. The molecule has 1 rings (SSSR count). The van der Waals surface area contributed by atoms with Gasteiger partial charge in [-0.15, -0.1) is 0 Å². The topological polar surface area (TPSA) is 12.0 Å². The van der Waals surface area contributed by atoms with Crippen LogP contribution in [-0.4, -0.2) is 13.6 Å². The Morgan fingerprint density at radius 1 is 1.31 bits per heavy atom. The van der Waals surface area contributed by atoms with Crippen molar-refractivity contribution in [3.63, 3.8) is 0 Å². The van der Waals surface area contributed by atoms with E-state index < -0.39 is 0 Å². The predicted molar refractivity (Wildman–Crippen MR) is 58.9 cm³/mol. The second kappa shape index (κ2) is 6.42. The summed E-state index contributed by atoms with van der Waals surface area (Å²) in [4.78, 5) is 0. The van der Waals surface area contributed by atoms with E-state index in [1.807, 2.05) is 0 Å². The van der Waals surface area contributed by atoms with E-state index in [0.29, 0.717) is 0 Å². The van der Waals surface area contributed by atoms with Gasteiger partial charge in [-0.2, -0.15) is 0 Å². The molecule has 0 aromatic heterocycles. The van der Waals surface area contributed by atoms with Crippen LogP contribution in [0, 0.1) is 11.8 Å². The van der Waals surface area contributed by atoms with Gasteiger partial charge in [-0.1, -0.05) is 39.0 Å². The van der Waals surface area contributed by atoms with Crippen LogP contribution in [0.3, 0.4) is 0 Å². The van der Waals surface area contributed by atoms with Gasteiger partial charge in [0.15, 0.2) is 0 Å². The van der Waals surface area contributed by atoms with Crippen molar-refractivity contribution in [1.82, 2.24) is 5.32 Å². The van der Waals surface area contributed by atoms with Gasteiger partial charge in [-0.25, -0.2) is 0 Å². The highest BCUT2D eigenvalue weighted by Gasteiger charge is 2.25. The third kappa shape index (κ3) is 3.68. The smallest absolute Gasteiger partial charge is 0.00518 e. The van der Waals surface area contributed by atoms with Crippen molar-refractivity contribution in [3.8, 4) is 0 Å².